The third kappa shape index (κ3) is 4.91. The molecule has 2 aromatic rings. The molecule has 2 rings (SSSR count). The van der Waals surface area contributed by atoms with Gasteiger partial charge in [0.25, 0.3) is 5.91 Å². The van der Waals surface area contributed by atoms with Crippen LogP contribution < -0.4 is 0 Å². The molecular weight excluding hydrogens is 378 g/mol. The number of ether oxygens (including phenoxy) is 1. The van der Waals surface area contributed by atoms with Gasteiger partial charge in [0.1, 0.15) is 0 Å². The van der Waals surface area contributed by atoms with Gasteiger partial charge in [0.2, 0.25) is 0 Å². The minimum Gasteiger partial charge on any atom is -0.466 e. The number of rotatable bonds is 6. The molecule has 0 bridgehead atoms. The van der Waals surface area contributed by atoms with Gasteiger partial charge in [0.15, 0.2) is 0 Å². The van der Waals surface area contributed by atoms with Crippen molar-refractivity contribution in [1.82, 2.24) is 4.90 Å². The molecule has 1 heterocycles. The van der Waals surface area contributed by atoms with Gasteiger partial charge in [-0.05, 0) is 36.8 Å². The first kappa shape index (κ1) is 17.7. The molecule has 0 fully saturated rings. The number of benzene rings is 1. The molecule has 0 aliphatic heterocycles. The third-order valence-corrected chi connectivity index (χ3v) is 4.90. The molecule has 1 aromatic heterocycles. The highest BCUT2D eigenvalue weighted by atomic mass is 79.9. The van der Waals surface area contributed by atoms with Gasteiger partial charge in [-0.2, -0.15) is 0 Å². The monoisotopic (exact) mass is 395 g/mol. The molecule has 0 radical (unpaired) electrons. The van der Waals surface area contributed by atoms with E-state index < -0.39 is 0 Å². The summed E-state index contributed by atoms with van der Waals surface area (Å²) in [4.78, 5) is 27.0. The van der Waals surface area contributed by atoms with Gasteiger partial charge >= 0.3 is 5.97 Å². The first-order chi connectivity index (χ1) is 11.0. The zero-order chi connectivity index (χ0) is 16.8. The summed E-state index contributed by atoms with van der Waals surface area (Å²) in [7, 11) is 1.70. The van der Waals surface area contributed by atoms with Gasteiger partial charge in [-0.15, -0.1) is 11.3 Å². The van der Waals surface area contributed by atoms with Crippen LogP contribution in [0, 0.1) is 0 Å². The first-order valence-electron chi connectivity index (χ1n) is 7.28. The quantitative estimate of drug-likeness (QED) is 0.688. The second-order valence-electron chi connectivity index (χ2n) is 4.95. The van der Waals surface area contributed by atoms with Crippen molar-refractivity contribution in [2.24, 2.45) is 0 Å². The maximum Gasteiger partial charge on any atom is 0.307 e. The zero-order valence-electron chi connectivity index (χ0n) is 13.0. The SMILES string of the molecule is CCOC(=O)CCN(C)C(=O)c1ccc(-c2ccc(Br)cc2)s1. The lowest BCUT2D eigenvalue weighted by molar-refractivity contribution is -0.143. The van der Waals surface area contributed by atoms with Crippen molar-refractivity contribution in [3.8, 4) is 10.4 Å². The molecule has 1 amide bonds. The van der Waals surface area contributed by atoms with E-state index in [1.807, 2.05) is 36.4 Å². The van der Waals surface area contributed by atoms with Crippen LogP contribution in [0.25, 0.3) is 10.4 Å². The second kappa shape index (κ2) is 8.26. The predicted molar refractivity (Wildman–Crippen MR) is 95.7 cm³/mol. The number of hydrogen-bond donors (Lipinski definition) is 0. The lowest BCUT2D eigenvalue weighted by atomic mass is 10.2. The number of carbonyl (C=O) groups is 2. The van der Waals surface area contributed by atoms with Crippen LogP contribution in [0.15, 0.2) is 40.9 Å². The van der Waals surface area contributed by atoms with Gasteiger partial charge in [0, 0.05) is 22.9 Å². The van der Waals surface area contributed by atoms with Gasteiger partial charge in [-0.3, -0.25) is 9.59 Å². The fraction of sp³-hybridized carbons (Fsp3) is 0.294. The van der Waals surface area contributed by atoms with E-state index in [9.17, 15) is 9.59 Å². The minimum absolute atomic E-state index is 0.0809. The van der Waals surface area contributed by atoms with Crippen LogP contribution in [-0.2, 0) is 9.53 Å². The smallest absolute Gasteiger partial charge is 0.307 e. The first-order valence-corrected chi connectivity index (χ1v) is 8.89. The van der Waals surface area contributed by atoms with Gasteiger partial charge in [-0.1, -0.05) is 28.1 Å². The van der Waals surface area contributed by atoms with Crippen molar-refractivity contribution in [2.45, 2.75) is 13.3 Å². The number of amides is 1. The lowest BCUT2D eigenvalue weighted by Crippen LogP contribution is -2.28. The summed E-state index contributed by atoms with van der Waals surface area (Å²) in [5.74, 6) is -0.364. The molecule has 0 N–H and O–H groups in total. The van der Waals surface area contributed by atoms with Crippen LogP contribution in [0.2, 0.25) is 0 Å². The summed E-state index contributed by atoms with van der Waals surface area (Å²) in [5.41, 5.74) is 1.08. The summed E-state index contributed by atoms with van der Waals surface area (Å²) < 4.78 is 5.89. The number of thiophene rings is 1. The molecule has 0 aliphatic rings. The molecule has 4 nitrogen and oxygen atoms in total. The molecule has 0 aliphatic carbocycles. The summed E-state index contributed by atoms with van der Waals surface area (Å²) in [6.45, 7) is 2.48. The Morgan fingerprint density at radius 3 is 2.52 bits per heavy atom. The Morgan fingerprint density at radius 2 is 1.87 bits per heavy atom. The number of esters is 1. The molecule has 0 unspecified atom stereocenters. The fourth-order valence-corrected chi connectivity index (χ4v) is 3.27. The largest absolute Gasteiger partial charge is 0.466 e. The number of halogens is 1. The van der Waals surface area contributed by atoms with E-state index in [4.69, 9.17) is 4.74 Å². The van der Waals surface area contributed by atoms with Crippen LogP contribution in [0.5, 0.6) is 0 Å². The molecular formula is C17H18BrNO3S. The van der Waals surface area contributed by atoms with E-state index in [2.05, 4.69) is 15.9 Å². The van der Waals surface area contributed by atoms with E-state index >= 15 is 0 Å². The maximum absolute atomic E-state index is 12.4. The van der Waals surface area contributed by atoms with Gasteiger partial charge < -0.3 is 9.64 Å². The van der Waals surface area contributed by atoms with Crippen molar-refractivity contribution >= 4 is 39.1 Å². The van der Waals surface area contributed by atoms with Crippen LogP contribution in [-0.4, -0.2) is 37.0 Å². The Morgan fingerprint density at radius 1 is 1.17 bits per heavy atom. The van der Waals surface area contributed by atoms with E-state index in [1.165, 1.54) is 11.3 Å². The number of nitrogens with zero attached hydrogens (tertiary/aromatic N) is 1. The predicted octanol–water partition coefficient (Wildman–Crippen LogP) is 4.20. The number of carbonyl (C=O) groups excluding carboxylic acids is 2. The van der Waals surface area contributed by atoms with E-state index in [0.717, 1.165) is 14.9 Å². The maximum atomic E-state index is 12.4. The van der Waals surface area contributed by atoms with Crippen LogP contribution in [0.1, 0.15) is 23.0 Å². The summed E-state index contributed by atoms with van der Waals surface area (Å²) in [6.07, 6.45) is 0.209. The van der Waals surface area contributed by atoms with Crippen molar-refractivity contribution in [3.05, 3.63) is 45.7 Å². The van der Waals surface area contributed by atoms with Crippen molar-refractivity contribution in [1.29, 1.82) is 0 Å². The molecule has 0 saturated heterocycles. The fourth-order valence-electron chi connectivity index (χ4n) is 2.00. The molecule has 0 saturated carbocycles. The van der Waals surface area contributed by atoms with Crippen LogP contribution in [0.3, 0.4) is 0 Å². The Bertz CT molecular complexity index is 681. The van der Waals surface area contributed by atoms with Gasteiger partial charge in [-0.25, -0.2) is 0 Å². The van der Waals surface area contributed by atoms with Crippen molar-refractivity contribution in [3.63, 3.8) is 0 Å². The average Bonchev–Trinajstić information content (AvgIpc) is 3.02. The Balaban J connectivity index is 2.00. The summed E-state index contributed by atoms with van der Waals surface area (Å²) >= 11 is 4.86. The molecule has 0 atom stereocenters. The van der Waals surface area contributed by atoms with Gasteiger partial charge in [0.05, 0.1) is 17.9 Å². The second-order valence-corrected chi connectivity index (χ2v) is 6.95. The highest BCUT2D eigenvalue weighted by Crippen LogP contribution is 2.29. The van der Waals surface area contributed by atoms with Crippen molar-refractivity contribution in [2.75, 3.05) is 20.2 Å². The summed E-state index contributed by atoms with van der Waals surface area (Å²) in [6, 6.07) is 11.7. The summed E-state index contributed by atoms with van der Waals surface area (Å²) in [5, 5.41) is 0. The highest BCUT2D eigenvalue weighted by molar-refractivity contribution is 9.10. The van der Waals surface area contributed by atoms with E-state index in [-0.39, 0.29) is 18.3 Å². The van der Waals surface area contributed by atoms with Crippen molar-refractivity contribution < 1.29 is 14.3 Å². The van der Waals surface area contributed by atoms with E-state index in [1.54, 1.807) is 18.9 Å². The topological polar surface area (TPSA) is 46.6 Å². The number of hydrogen-bond acceptors (Lipinski definition) is 4. The zero-order valence-corrected chi connectivity index (χ0v) is 15.4. The van der Waals surface area contributed by atoms with Crippen LogP contribution in [0.4, 0.5) is 0 Å². The molecule has 6 heteroatoms. The highest BCUT2D eigenvalue weighted by Gasteiger charge is 2.16. The Labute approximate surface area is 148 Å². The Hall–Kier alpha value is -1.66. The average molecular weight is 396 g/mol. The molecule has 23 heavy (non-hydrogen) atoms. The lowest BCUT2D eigenvalue weighted by Gasteiger charge is -2.15. The Kier molecular flexibility index (Phi) is 6.36. The van der Waals surface area contributed by atoms with E-state index in [0.29, 0.717) is 18.0 Å². The molecule has 0 spiro atoms. The molecule has 122 valence electrons. The molecule has 1 aromatic carbocycles. The van der Waals surface area contributed by atoms with Crippen LogP contribution >= 0.6 is 27.3 Å². The minimum atomic E-state index is -0.283. The normalized spacial score (nSPS) is 10.4. The third-order valence-electron chi connectivity index (χ3n) is 3.25. The standard InChI is InChI=1S/C17H18BrNO3S/c1-3-22-16(20)10-11-19(2)17(21)15-9-8-14(23-15)12-4-6-13(18)7-5-12/h4-9H,3,10-11H2,1-2H3.